The van der Waals surface area contributed by atoms with Crippen LogP contribution in [0.15, 0.2) is 30.6 Å². The third-order valence-electron chi connectivity index (χ3n) is 3.63. The van der Waals surface area contributed by atoms with E-state index >= 15 is 0 Å². The van der Waals surface area contributed by atoms with Crippen LogP contribution in [-0.4, -0.2) is 15.7 Å². The first-order valence-corrected chi connectivity index (χ1v) is 6.80. The van der Waals surface area contributed by atoms with Crippen LogP contribution in [0.2, 0.25) is 0 Å². The molecule has 5 heteroatoms. The summed E-state index contributed by atoms with van der Waals surface area (Å²) in [4.78, 5) is 14.2. The lowest BCUT2D eigenvalue weighted by molar-refractivity contribution is -0.118. The number of benzene rings is 1. The second-order valence-corrected chi connectivity index (χ2v) is 5.24. The average molecular weight is 270 g/mol. The van der Waals surface area contributed by atoms with E-state index in [2.05, 4.69) is 5.10 Å². The van der Waals surface area contributed by atoms with E-state index in [0.717, 1.165) is 35.3 Å². The first kappa shape index (κ1) is 12.7. The predicted molar refractivity (Wildman–Crippen MR) is 78.2 cm³/mol. The molecule has 1 aliphatic rings. The third kappa shape index (κ3) is 2.39. The number of amides is 1. The highest BCUT2D eigenvalue weighted by Gasteiger charge is 2.22. The molecule has 0 saturated heterocycles. The minimum absolute atomic E-state index is 0.164. The zero-order valence-corrected chi connectivity index (χ0v) is 11.5. The molecule has 1 amide bonds. The van der Waals surface area contributed by atoms with Gasteiger partial charge in [-0.1, -0.05) is 0 Å². The Bertz CT molecular complexity index is 647. The smallest absolute Gasteiger partial charge is 0.227 e. The van der Waals surface area contributed by atoms with Gasteiger partial charge in [-0.3, -0.25) is 9.48 Å². The zero-order chi connectivity index (χ0) is 14.1. The summed E-state index contributed by atoms with van der Waals surface area (Å²) < 4.78 is 1.75. The summed E-state index contributed by atoms with van der Waals surface area (Å²) in [6.07, 6.45) is 6.09. The monoisotopic (exact) mass is 270 g/mol. The fourth-order valence-electron chi connectivity index (χ4n) is 2.68. The number of aryl methyl sites for hydroxylation is 2. The van der Waals surface area contributed by atoms with Gasteiger partial charge in [0.25, 0.3) is 0 Å². The molecule has 0 bridgehead atoms. The van der Waals surface area contributed by atoms with Gasteiger partial charge >= 0.3 is 0 Å². The summed E-state index contributed by atoms with van der Waals surface area (Å²) in [6, 6.07) is 5.78. The Balaban J connectivity index is 1.97. The number of anilines is 2. The fraction of sp³-hybridized carbons (Fsp3) is 0.333. The van der Waals surface area contributed by atoms with Gasteiger partial charge in [0.1, 0.15) is 0 Å². The van der Waals surface area contributed by atoms with Crippen LogP contribution in [0.25, 0.3) is 0 Å². The number of rotatable bonds is 2. The zero-order valence-electron chi connectivity index (χ0n) is 11.5. The first-order valence-electron chi connectivity index (χ1n) is 6.80. The van der Waals surface area contributed by atoms with Gasteiger partial charge < -0.3 is 10.6 Å². The molecule has 0 radical (unpaired) electrons. The molecule has 0 saturated carbocycles. The van der Waals surface area contributed by atoms with Gasteiger partial charge in [0, 0.05) is 36.6 Å². The van der Waals surface area contributed by atoms with E-state index in [1.54, 1.807) is 10.9 Å². The minimum atomic E-state index is 0.164. The van der Waals surface area contributed by atoms with Crippen molar-refractivity contribution in [3.8, 4) is 0 Å². The molecule has 0 aliphatic carbocycles. The van der Waals surface area contributed by atoms with Crippen molar-refractivity contribution >= 4 is 17.3 Å². The van der Waals surface area contributed by atoms with Crippen molar-refractivity contribution in [2.75, 3.05) is 10.6 Å². The van der Waals surface area contributed by atoms with E-state index in [4.69, 9.17) is 5.73 Å². The highest BCUT2D eigenvalue weighted by Crippen LogP contribution is 2.29. The van der Waals surface area contributed by atoms with Crippen LogP contribution in [0.4, 0.5) is 11.4 Å². The lowest BCUT2D eigenvalue weighted by atomic mass is 10.1. The Labute approximate surface area is 118 Å². The number of nitrogens with two attached hydrogens (primary N) is 1. The van der Waals surface area contributed by atoms with Crippen LogP contribution in [0.5, 0.6) is 0 Å². The van der Waals surface area contributed by atoms with Gasteiger partial charge in [0.05, 0.1) is 12.7 Å². The molecule has 1 aliphatic heterocycles. The summed E-state index contributed by atoms with van der Waals surface area (Å²) in [6.45, 7) is 0.559. The number of fused-ring (bicyclic) bond motifs is 1. The number of hydrogen-bond acceptors (Lipinski definition) is 3. The standard InChI is InChI=1S/C15H18N4O/c1-18-9-11(8-17-18)10-19-14-6-5-13(16)7-12(14)3-2-4-15(19)20/h5-9H,2-4,10,16H2,1H3. The topological polar surface area (TPSA) is 64.2 Å². The molecule has 0 unspecified atom stereocenters. The third-order valence-corrected chi connectivity index (χ3v) is 3.63. The Hall–Kier alpha value is -2.30. The normalized spacial score (nSPS) is 15.1. The van der Waals surface area contributed by atoms with Gasteiger partial charge in [0.2, 0.25) is 5.91 Å². The molecule has 104 valence electrons. The van der Waals surface area contributed by atoms with Gasteiger partial charge in [-0.2, -0.15) is 5.10 Å². The molecular formula is C15H18N4O. The average Bonchev–Trinajstić information content (AvgIpc) is 2.75. The van der Waals surface area contributed by atoms with Crippen LogP contribution in [0, 0.1) is 0 Å². The van der Waals surface area contributed by atoms with Gasteiger partial charge in [-0.25, -0.2) is 0 Å². The highest BCUT2D eigenvalue weighted by atomic mass is 16.2. The van der Waals surface area contributed by atoms with E-state index in [1.165, 1.54) is 0 Å². The van der Waals surface area contributed by atoms with Crippen LogP contribution < -0.4 is 10.6 Å². The van der Waals surface area contributed by atoms with Gasteiger partial charge in [-0.15, -0.1) is 0 Å². The number of nitrogen functional groups attached to an aromatic ring is 1. The molecular weight excluding hydrogens is 252 g/mol. The van der Waals surface area contributed by atoms with Crippen molar-refractivity contribution in [1.82, 2.24) is 9.78 Å². The Morgan fingerprint density at radius 3 is 2.95 bits per heavy atom. The molecule has 2 aromatic rings. The maximum Gasteiger partial charge on any atom is 0.227 e. The maximum absolute atomic E-state index is 12.3. The summed E-state index contributed by atoms with van der Waals surface area (Å²) >= 11 is 0. The van der Waals surface area contributed by atoms with E-state index in [1.807, 2.05) is 36.3 Å². The number of hydrogen-bond donors (Lipinski definition) is 1. The summed E-state index contributed by atoms with van der Waals surface area (Å²) in [5, 5.41) is 4.16. The summed E-state index contributed by atoms with van der Waals surface area (Å²) in [5.74, 6) is 0.164. The highest BCUT2D eigenvalue weighted by molar-refractivity contribution is 5.95. The van der Waals surface area contributed by atoms with E-state index < -0.39 is 0 Å². The van der Waals surface area contributed by atoms with Crippen LogP contribution in [-0.2, 0) is 24.8 Å². The maximum atomic E-state index is 12.3. The SMILES string of the molecule is Cn1cc(CN2C(=O)CCCc3cc(N)ccc32)cn1. The predicted octanol–water partition coefficient (Wildman–Crippen LogP) is 1.87. The van der Waals surface area contributed by atoms with Crippen molar-refractivity contribution in [3.05, 3.63) is 41.7 Å². The summed E-state index contributed by atoms with van der Waals surface area (Å²) in [5.41, 5.74) is 9.76. The molecule has 1 aromatic carbocycles. The number of aromatic nitrogens is 2. The Morgan fingerprint density at radius 1 is 1.35 bits per heavy atom. The van der Waals surface area contributed by atoms with Crippen LogP contribution in [0.3, 0.4) is 0 Å². The molecule has 20 heavy (non-hydrogen) atoms. The molecule has 5 nitrogen and oxygen atoms in total. The van der Waals surface area contributed by atoms with Crippen molar-refractivity contribution in [1.29, 1.82) is 0 Å². The number of carbonyl (C=O) groups is 1. The molecule has 0 fully saturated rings. The minimum Gasteiger partial charge on any atom is -0.399 e. The molecule has 0 spiro atoms. The largest absolute Gasteiger partial charge is 0.399 e. The quantitative estimate of drug-likeness (QED) is 0.847. The lowest BCUT2D eigenvalue weighted by Crippen LogP contribution is -2.29. The number of carbonyl (C=O) groups excluding carboxylic acids is 1. The summed E-state index contributed by atoms with van der Waals surface area (Å²) in [7, 11) is 1.88. The van der Waals surface area contributed by atoms with Gasteiger partial charge in [0.15, 0.2) is 0 Å². The van der Waals surface area contributed by atoms with Crippen molar-refractivity contribution in [2.45, 2.75) is 25.8 Å². The molecule has 3 rings (SSSR count). The second kappa shape index (κ2) is 5.00. The van der Waals surface area contributed by atoms with E-state index in [9.17, 15) is 4.79 Å². The van der Waals surface area contributed by atoms with Gasteiger partial charge in [-0.05, 0) is 36.6 Å². The van der Waals surface area contributed by atoms with E-state index in [-0.39, 0.29) is 5.91 Å². The molecule has 0 atom stereocenters. The second-order valence-electron chi connectivity index (χ2n) is 5.24. The first-order chi connectivity index (χ1) is 9.63. The van der Waals surface area contributed by atoms with Crippen LogP contribution >= 0.6 is 0 Å². The molecule has 1 aromatic heterocycles. The number of nitrogens with zero attached hydrogens (tertiary/aromatic N) is 3. The fourth-order valence-corrected chi connectivity index (χ4v) is 2.68. The van der Waals surface area contributed by atoms with Crippen molar-refractivity contribution < 1.29 is 4.79 Å². The Morgan fingerprint density at radius 2 is 2.20 bits per heavy atom. The molecule has 2 heterocycles. The van der Waals surface area contributed by atoms with Crippen molar-refractivity contribution in [2.24, 2.45) is 7.05 Å². The van der Waals surface area contributed by atoms with E-state index in [0.29, 0.717) is 13.0 Å². The molecule has 2 N–H and O–H groups in total. The van der Waals surface area contributed by atoms with Crippen molar-refractivity contribution in [3.63, 3.8) is 0 Å². The lowest BCUT2D eigenvalue weighted by Gasteiger charge is -2.22. The van der Waals surface area contributed by atoms with Crippen LogP contribution in [0.1, 0.15) is 24.0 Å². The Kier molecular flexibility index (Phi) is 3.18.